The van der Waals surface area contributed by atoms with Gasteiger partial charge in [-0.05, 0) is 37.0 Å². The number of carbonyl (C=O) groups is 1. The number of aromatic amines is 1. The van der Waals surface area contributed by atoms with Crippen molar-refractivity contribution in [2.75, 3.05) is 18.0 Å². The zero-order chi connectivity index (χ0) is 13.9. The number of H-pyrrole nitrogens is 1. The molecule has 2 aromatic rings. The fourth-order valence-corrected chi connectivity index (χ4v) is 2.98. The molecule has 0 bridgehead atoms. The van der Waals surface area contributed by atoms with Crippen molar-refractivity contribution in [1.29, 1.82) is 0 Å². The highest BCUT2D eigenvalue weighted by atomic mass is 16.1. The van der Waals surface area contributed by atoms with Crippen LogP contribution in [0.5, 0.6) is 0 Å². The molecule has 4 nitrogen and oxygen atoms in total. The molecule has 1 aliphatic heterocycles. The Kier molecular flexibility index (Phi) is 3.54. The normalized spacial score (nSPS) is 19.2. The Balaban J connectivity index is 1.79. The van der Waals surface area contributed by atoms with E-state index < -0.39 is 0 Å². The molecule has 1 fully saturated rings. The molecule has 1 atom stereocenters. The Morgan fingerprint density at radius 1 is 1.50 bits per heavy atom. The quantitative estimate of drug-likeness (QED) is 0.868. The number of ketones is 1. The number of allylic oxidation sites excluding steroid dienone is 1. The van der Waals surface area contributed by atoms with Crippen molar-refractivity contribution in [1.82, 2.24) is 10.2 Å². The van der Waals surface area contributed by atoms with Crippen LogP contribution < -0.4 is 4.90 Å². The maximum absolute atomic E-state index is 11.5. The van der Waals surface area contributed by atoms with Crippen molar-refractivity contribution in [3.63, 3.8) is 0 Å². The smallest absolute Gasteiger partial charge is 0.158 e. The van der Waals surface area contributed by atoms with Crippen LogP contribution in [0.3, 0.4) is 0 Å². The average Bonchev–Trinajstić information content (AvgIpc) is 2.91. The first-order valence-corrected chi connectivity index (χ1v) is 7.11. The summed E-state index contributed by atoms with van der Waals surface area (Å²) in [5, 5.41) is 8.68. The van der Waals surface area contributed by atoms with Crippen LogP contribution in [-0.4, -0.2) is 29.1 Å². The van der Waals surface area contributed by atoms with Gasteiger partial charge in [-0.1, -0.05) is 18.7 Å². The van der Waals surface area contributed by atoms with Gasteiger partial charge < -0.3 is 4.90 Å². The number of rotatable bonds is 4. The van der Waals surface area contributed by atoms with Crippen LogP contribution in [0.1, 0.15) is 19.3 Å². The SMILES string of the molecule is C=CC(=O)C[C@@H]1CCCN(c2n[nH]c3ccccc23)C1. The van der Waals surface area contributed by atoms with E-state index in [1.807, 2.05) is 18.2 Å². The van der Waals surface area contributed by atoms with Gasteiger partial charge in [-0.15, -0.1) is 0 Å². The summed E-state index contributed by atoms with van der Waals surface area (Å²) in [6.07, 6.45) is 4.25. The van der Waals surface area contributed by atoms with Gasteiger partial charge in [0.15, 0.2) is 11.6 Å². The monoisotopic (exact) mass is 269 g/mol. The lowest BCUT2D eigenvalue weighted by atomic mass is 9.93. The second-order valence-electron chi connectivity index (χ2n) is 5.42. The van der Waals surface area contributed by atoms with Crippen LogP contribution in [-0.2, 0) is 4.79 Å². The molecule has 1 aromatic heterocycles. The molecule has 1 saturated heterocycles. The van der Waals surface area contributed by atoms with Gasteiger partial charge in [0.1, 0.15) is 0 Å². The van der Waals surface area contributed by atoms with E-state index in [4.69, 9.17) is 0 Å². The molecule has 104 valence electrons. The number of carbonyl (C=O) groups excluding carboxylic acids is 1. The van der Waals surface area contributed by atoms with E-state index in [1.54, 1.807) is 0 Å². The standard InChI is InChI=1S/C16H19N3O/c1-2-13(20)10-12-6-5-9-19(11-12)16-14-7-3-4-8-15(14)17-18-16/h2-4,7-8,12H,1,5-6,9-11H2,(H,17,18)/t12-/m0/s1. The topological polar surface area (TPSA) is 49.0 Å². The van der Waals surface area contributed by atoms with E-state index in [0.717, 1.165) is 42.7 Å². The van der Waals surface area contributed by atoms with E-state index in [2.05, 4.69) is 27.7 Å². The summed E-state index contributed by atoms with van der Waals surface area (Å²) in [6, 6.07) is 8.16. The van der Waals surface area contributed by atoms with Crippen LogP contribution in [0.2, 0.25) is 0 Å². The van der Waals surface area contributed by atoms with Crippen molar-refractivity contribution in [3.05, 3.63) is 36.9 Å². The van der Waals surface area contributed by atoms with Gasteiger partial charge in [-0.2, -0.15) is 5.10 Å². The molecule has 1 aromatic carbocycles. The maximum atomic E-state index is 11.5. The number of hydrogen-bond acceptors (Lipinski definition) is 3. The molecule has 20 heavy (non-hydrogen) atoms. The molecule has 0 aliphatic carbocycles. The lowest BCUT2D eigenvalue weighted by molar-refractivity contribution is -0.115. The van der Waals surface area contributed by atoms with Crippen molar-refractivity contribution in [3.8, 4) is 0 Å². The number of nitrogens with zero attached hydrogens (tertiary/aromatic N) is 2. The van der Waals surface area contributed by atoms with E-state index in [1.165, 1.54) is 6.08 Å². The minimum atomic E-state index is 0.142. The Morgan fingerprint density at radius 2 is 2.35 bits per heavy atom. The van der Waals surface area contributed by atoms with Gasteiger partial charge in [-0.3, -0.25) is 9.89 Å². The predicted molar refractivity (Wildman–Crippen MR) is 80.9 cm³/mol. The fraction of sp³-hybridized carbons (Fsp3) is 0.375. The first kappa shape index (κ1) is 12.9. The fourth-order valence-electron chi connectivity index (χ4n) is 2.98. The highest BCUT2D eigenvalue weighted by Gasteiger charge is 2.24. The molecule has 4 heteroatoms. The van der Waals surface area contributed by atoms with E-state index in [0.29, 0.717) is 12.3 Å². The van der Waals surface area contributed by atoms with Gasteiger partial charge in [0.2, 0.25) is 0 Å². The molecule has 0 spiro atoms. The summed E-state index contributed by atoms with van der Waals surface area (Å²) in [5.41, 5.74) is 1.06. The van der Waals surface area contributed by atoms with Gasteiger partial charge in [0, 0.05) is 24.9 Å². The predicted octanol–water partition coefficient (Wildman–Crippen LogP) is 2.92. The largest absolute Gasteiger partial charge is 0.354 e. The summed E-state index contributed by atoms with van der Waals surface area (Å²) in [6.45, 7) is 5.46. The summed E-state index contributed by atoms with van der Waals surface area (Å²) < 4.78 is 0. The van der Waals surface area contributed by atoms with Gasteiger partial charge in [0.05, 0.1) is 5.52 Å². The molecular weight excluding hydrogens is 250 g/mol. The van der Waals surface area contributed by atoms with Crippen LogP contribution >= 0.6 is 0 Å². The minimum absolute atomic E-state index is 0.142. The first-order valence-electron chi connectivity index (χ1n) is 7.11. The molecule has 0 saturated carbocycles. The lowest BCUT2D eigenvalue weighted by Crippen LogP contribution is -2.36. The third-order valence-corrected chi connectivity index (χ3v) is 3.99. The molecule has 0 amide bonds. The number of piperidine rings is 1. The summed E-state index contributed by atoms with van der Waals surface area (Å²) in [4.78, 5) is 13.8. The third kappa shape index (κ3) is 2.46. The van der Waals surface area contributed by atoms with Crippen molar-refractivity contribution < 1.29 is 4.79 Å². The second kappa shape index (κ2) is 5.49. The van der Waals surface area contributed by atoms with Crippen LogP contribution in [0, 0.1) is 5.92 Å². The number of aromatic nitrogens is 2. The second-order valence-corrected chi connectivity index (χ2v) is 5.42. The van der Waals surface area contributed by atoms with Crippen LogP contribution in [0.25, 0.3) is 10.9 Å². The van der Waals surface area contributed by atoms with Crippen molar-refractivity contribution >= 4 is 22.5 Å². The molecule has 1 aliphatic rings. The molecule has 0 radical (unpaired) electrons. The number of fused-ring (bicyclic) bond motifs is 1. The van der Waals surface area contributed by atoms with Gasteiger partial charge >= 0.3 is 0 Å². The zero-order valence-corrected chi connectivity index (χ0v) is 11.5. The Labute approximate surface area is 118 Å². The number of hydrogen-bond donors (Lipinski definition) is 1. The third-order valence-electron chi connectivity index (χ3n) is 3.99. The summed E-state index contributed by atoms with van der Waals surface area (Å²) >= 11 is 0. The van der Waals surface area contributed by atoms with Crippen molar-refractivity contribution in [2.24, 2.45) is 5.92 Å². The molecular formula is C16H19N3O. The van der Waals surface area contributed by atoms with E-state index >= 15 is 0 Å². The first-order chi connectivity index (χ1) is 9.78. The zero-order valence-electron chi connectivity index (χ0n) is 11.5. The molecule has 0 unspecified atom stereocenters. The molecule has 2 heterocycles. The Hall–Kier alpha value is -2.10. The Morgan fingerprint density at radius 3 is 3.20 bits per heavy atom. The average molecular weight is 269 g/mol. The summed E-state index contributed by atoms with van der Waals surface area (Å²) in [7, 11) is 0. The lowest BCUT2D eigenvalue weighted by Gasteiger charge is -2.32. The minimum Gasteiger partial charge on any atom is -0.354 e. The molecule has 3 rings (SSSR count). The Bertz CT molecular complexity index is 631. The maximum Gasteiger partial charge on any atom is 0.158 e. The van der Waals surface area contributed by atoms with Crippen LogP contribution in [0.4, 0.5) is 5.82 Å². The highest BCUT2D eigenvalue weighted by molar-refractivity contribution is 5.90. The number of anilines is 1. The highest BCUT2D eigenvalue weighted by Crippen LogP contribution is 2.29. The van der Waals surface area contributed by atoms with Gasteiger partial charge in [0.25, 0.3) is 0 Å². The van der Waals surface area contributed by atoms with Crippen molar-refractivity contribution in [2.45, 2.75) is 19.3 Å². The van der Waals surface area contributed by atoms with E-state index in [9.17, 15) is 4.79 Å². The summed E-state index contributed by atoms with van der Waals surface area (Å²) in [5.74, 6) is 1.56. The van der Waals surface area contributed by atoms with Crippen LogP contribution in [0.15, 0.2) is 36.9 Å². The van der Waals surface area contributed by atoms with Gasteiger partial charge in [-0.25, -0.2) is 0 Å². The molecule has 1 N–H and O–H groups in total. The number of benzene rings is 1. The number of para-hydroxylation sites is 1. The number of nitrogens with one attached hydrogen (secondary N) is 1. The van der Waals surface area contributed by atoms with E-state index in [-0.39, 0.29) is 5.78 Å².